The van der Waals surface area contributed by atoms with Gasteiger partial charge in [0.15, 0.2) is 17.0 Å². The molecule has 8 heteroatoms. The molecule has 21 heavy (non-hydrogen) atoms. The van der Waals surface area contributed by atoms with Crippen molar-refractivity contribution in [3.63, 3.8) is 0 Å². The molecule has 2 aliphatic heterocycles. The summed E-state index contributed by atoms with van der Waals surface area (Å²) in [7, 11) is 0. The van der Waals surface area contributed by atoms with Crippen molar-refractivity contribution in [2.45, 2.75) is 12.5 Å². The molecule has 102 valence electrons. The van der Waals surface area contributed by atoms with E-state index in [4.69, 9.17) is 4.74 Å². The normalized spacial score (nSPS) is 18.9. The molecule has 1 atom stereocenters. The van der Waals surface area contributed by atoms with E-state index in [9.17, 15) is 14.7 Å². The number of hydrogen-bond donors (Lipinski definition) is 1. The van der Waals surface area contributed by atoms with Crippen LogP contribution in [0.2, 0.25) is 0 Å². The number of aromatic nitrogens is 2. The number of aromatic amines is 1. The largest absolute Gasteiger partial charge is 1.00 e. The Hall–Kier alpha value is -1.57. The van der Waals surface area contributed by atoms with Crippen molar-refractivity contribution in [1.82, 2.24) is 9.97 Å². The van der Waals surface area contributed by atoms with E-state index in [1.807, 2.05) is 0 Å². The number of pyridine rings is 2. The Labute approximate surface area is 141 Å². The Balaban J connectivity index is 0.00000132. The second kappa shape index (κ2) is 5.01. The number of aromatic carboxylic acids is 1. The first-order valence-corrected chi connectivity index (χ1v) is 6.32. The van der Waals surface area contributed by atoms with E-state index in [0.29, 0.717) is 29.9 Å². The molecule has 4 heterocycles. The molecule has 2 aliphatic rings. The first-order valence-electron chi connectivity index (χ1n) is 6.32. The van der Waals surface area contributed by atoms with Gasteiger partial charge in [-0.1, -0.05) is 0 Å². The maximum atomic E-state index is 12.1. The average Bonchev–Trinajstić information content (AvgIpc) is 2.37. The van der Waals surface area contributed by atoms with Gasteiger partial charge in [0, 0.05) is 12.7 Å². The van der Waals surface area contributed by atoms with Crippen LogP contribution in [0.5, 0.6) is 5.75 Å². The molecule has 0 bridgehead atoms. The maximum absolute atomic E-state index is 12.1. The van der Waals surface area contributed by atoms with Crippen molar-refractivity contribution in [2.24, 2.45) is 0 Å². The molecule has 1 fully saturated rings. The summed E-state index contributed by atoms with van der Waals surface area (Å²) in [5.74, 6) is -0.277. The summed E-state index contributed by atoms with van der Waals surface area (Å²) in [5.41, 5.74) is -0.657. The van der Waals surface area contributed by atoms with E-state index >= 15 is 0 Å². The molecule has 0 radical (unpaired) electrons. The number of fused-ring (bicyclic) bond motifs is 4. The fourth-order valence-electron chi connectivity index (χ4n) is 2.66. The molecule has 0 unspecified atom stereocenters. The van der Waals surface area contributed by atoms with Gasteiger partial charge in [0.1, 0.15) is 12.3 Å². The van der Waals surface area contributed by atoms with Crippen LogP contribution in [0.1, 0.15) is 16.8 Å². The number of anilines is 1. The van der Waals surface area contributed by atoms with Crippen molar-refractivity contribution in [1.29, 1.82) is 0 Å². The minimum absolute atomic E-state index is 0. The molecular formula is C13H10N3NaO4. The third-order valence-corrected chi connectivity index (χ3v) is 3.88. The van der Waals surface area contributed by atoms with Gasteiger partial charge in [-0.2, -0.15) is 0 Å². The zero-order valence-corrected chi connectivity index (χ0v) is 13.4. The number of H-pyrrole nitrogens is 1. The summed E-state index contributed by atoms with van der Waals surface area (Å²) >= 11 is 0. The summed E-state index contributed by atoms with van der Waals surface area (Å²) < 4.78 is 5.60. The smallest absolute Gasteiger partial charge is 0.545 e. The Morgan fingerprint density at radius 2 is 2.33 bits per heavy atom. The predicted octanol–water partition coefficient (Wildman–Crippen LogP) is -3.74. The molecule has 2 aromatic heterocycles. The van der Waals surface area contributed by atoms with Crippen LogP contribution in [-0.4, -0.2) is 35.1 Å². The molecule has 0 aliphatic carbocycles. The summed E-state index contributed by atoms with van der Waals surface area (Å²) in [6.07, 6.45) is 2.19. The van der Waals surface area contributed by atoms with E-state index in [2.05, 4.69) is 14.9 Å². The molecule has 2 aromatic rings. The fourth-order valence-corrected chi connectivity index (χ4v) is 2.66. The number of rotatable bonds is 1. The van der Waals surface area contributed by atoms with E-state index in [1.54, 1.807) is 6.07 Å². The Morgan fingerprint density at radius 1 is 1.52 bits per heavy atom. The van der Waals surface area contributed by atoms with Gasteiger partial charge < -0.3 is 24.5 Å². The van der Waals surface area contributed by atoms with Crippen LogP contribution in [-0.2, 0) is 0 Å². The second-order valence-corrected chi connectivity index (χ2v) is 4.97. The molecule has 0 saturated carbocycles. The quantitative estimate of drug-likeness (QED) is 0.543. The van der Waals surface area contributed by atoms with Crippen LogP contribution in [0.3, 0.4) is 0 Å². The Bertz CT molecular complexity index is 804. The van der Waals surface area contributed by atoms with Gasteiger partial charge in [-0.05, 0) is 12.5 Å². The van der Waals surface area contributed by atoms with Crippen LogP contribution >= 0.6 is 0 Å². The molecule has 7 nitrogen and oxygen atoms in total. The van der Waals surface area contributed by atoms with E-state index in [1.165, 1.54) is 0 Å². The molecular weight excluding hydrogens is 285 g/mol. The molecule has 0 spiro atoms. The van der Waals surface area contributed by atoms with Crippen LogP contribution in [0, 0.1) is 0 Å². The van der Waals surface area contributed by atoms with Gasteiger partial charge >= 0.3 is 29.6 Å². The molecule has 0 amide bonds. The van der Waals surface area contributed by atoms with Crippen molar-refractivity contribution >= 4 is 22.8 Å². The maximum Gasteiger partial charge on any atom is 1.00 e. The van der Waals surface area contributed by atoms with Crippen LogP contribution < -0.4 is 49.7 Å². The number of carbonyl (C=O) groups excluding carboxylic acids is 1. The SMILES string of the molecule is O=C([O-])c1c[nH]c2nc3c(cc2c1=O)OC[C@@H]1CCN31.[Na+]. The van der Waals surface area contributed by atoms with E-state index in [0.717, 1.165) is 19.2 Å². The fraction of sp³-hybridized carbons (Fsp3) is 0.308. The number of nitrogens with zero attached hydrogens (tertiary/aromatic N) is 2. The van der Waals surface area contributed by atoms with Crippen LogP contribution in [0.25, 0.3) is 11.0 Å². The second-order valence-electron chi connectivity index (χ2n) is 4.97. The van der Waals surface area contributed by atoms with E-state index in [-0.39, 0.29) is 34.9 Å². The van der Waals surface area contributed by atoms with Gasteiger partial charge in [0.05, 0.1) is 23.0 Å². The zero-order chi connectivity index (χ0) is 13.9. The predicted molar refractivity (Wildman–Crippen MR) is 67.9 cm³/mol. The first kappa shape index (κ1) is 14.4. The molecule has 1 saturated heterocycles. The Kier molecular flexibility index (Phi) is 3.43. The van der Waals surface area contributed by atoms with Crippen molar-refractivity contribution in [3.05, 3.63) is 28.0 Å². The third-order valence-electron chi connectivity index (χ3n) is 3.88. The summed E-state index contributed by atoms with van der Waals surface area (Å²) in [6.45, 7) is 1.49. The average molecular weight is 295 g/mol. The molecule has 0 aromatic carbocycles. The zero-order valence-electron chi connectivity index (χ0n) is 11.4. The number of hydrogen-bond acceptors (Lipinski definition) is 6. The topological polar surface area (TPSA) is 98.3 Å². The first-order chi connectivity index (χ1) is 9.65. The number of carboxylic acids is 1. The molecule has 4 rings (SSSR count). The summed E-state index contributed by atoms with van der Waals surface area (Å²) in [4.78, 5) is 32.2. The number of carbonyl (C=O) groups is 1. The third kappa shape index (κ3) is 2.04. The van der Waals surface area contributed by atoms with Crippen molar-refractivity contribution < 1.29 is 44.2 Å². The minimum atomic E-state index is -1.51. The van der Waals surface area contributed by atoms with Crippen LogP contribution in [0.15, 0.2) is 17.1 Å². The van der Waals surface area contributed by atoms with Crippen molar-refractivity contribution in [3.8, 4) is 5.75 Å². The number of nitrogens with one attached hydrogen (secondary N) is 1. The number of carboxylic acid groups (broad SMARTS) is 1. The monoisotopic (exact) mass is 295 g/mol. The van der Waals surface area contributed by atoms with Gasteiger partial charge in [-0.3, -0.25) is 4.79 Å². The summed E-state index contributed by atoms with van der Waals surface area (Å²) in [6, 6.07) is 1.90. The van der Waals surface area contributed by atoms with Gasteiger partial charge in [0.25, 0.3) is 0 Å². The summed E-state index contributed by atoms with van der Waals surface area (Å²) in [5, 5.41) is 11.1. The minimum Gasteiger partial charge on any atom is -0.545 e. The molecule has 1 N–H and O–H groups in total. The van der Waals surface area contributed by atoms with Gasteiger partial charge in [-0.15, -0.1) is 0 Å². The van der Waals surface area contributed by atoms with Gasteiger partial charge in [0.2, 0.25) is 0 Å². The van der Waals surface area contributed by atoms with Gasteiger partial charge in [-0.25, -0.2) is 4.98 Å². The van der Waals surface area contributed by atoms with Crippen molar-refractivity contribution in [2.75, 3.05) is 18.1 Å². The standard InChI is InChI=1S/C13H11N3O4.Na/c17-10-7-3-9-12(16-2-1-6(16)5-20-9)15-11(7)14-4-8(10)13(18)19;/h3-4,6H,1-2,5H2,(H,18,19)(H,14,15,17);/q;+1/p-1/t6-;/m0./s1. The van der Waals surface area contributed by atoms with E-state index < -0.39 is 17.0 Å². The number of ether oxygens (including phenoxy) is 1. The van der Waals surface area contributed by atoms with Crippen LogP contribution in [0.4, 0.5) is 5.82 Å². The Morgan fingerprint density at radius 3 is 3.00 bits per heavy atom.